The van der Waals surface area contributed by atoms with Gasteiger partial charge < -0.3 is 14.7 Å². The second kappa shape index (κ2) is 14.4. The van der Waals surface area contributed by atoms with Gasteiger partial charge in [0, 0.05) is 30.7 Å². The minimum Gasteiger partial charge on any atom is -0.356 e. The monoisotopic (exact) mass is 595 g/mol. The first kappa shape index (κ1) is 32.7. The molecule has 0 spiro atoms. The smallest absolute Gasteiger partial charge is 0.254 e. The van der Waals surface area contributed by atoms with E-state index in [1.807, 2.05) is 51.1 Å². The summed E-state index contributed by atoms with van der Waals surface area (Å²) in [6, 6.07) is 12.6. The molecule has 10 heteroatoms. The van der Waals surface area contributed by atoms with E-state index in [1.54, 1.807) is 45.3 Å². The van der Waals surface area contributed by atoms with Crippen molar-refractivity contribution in [2.24, 2.45) is 5.92 Å². The summed E-state index contributed by atoms with van der Waals surface area (Å²) in [5, 5.41) is 6.52. The quantitative estimate of drug-likeness (QED) is 0.289. The van der Waals surface area contributed by atoms with Crippen molar-refractivity contribution in [2.75, 3.05) is 18.6 Å². The molecule has 1 heterocycles. The number of hydrogen-bond donors (Lipinski definition) is 1. The number of nitrogens with zero attached hydrogens (tertiary/aromatic N) is 2. The highest BCUT2D eigenvalue weighted by atomic mass is 32.2. The number of carbonyl (C=O) groups excluding carboxylic acids is 3. The minimum atomic E-state index is -3.60. The third kappa shape index (κ3) is 8.85. The lowest BCUT2D eigenvalue weighted by Crippen LogP contribution is -2.55. The number of nitrogens with one attached hydrogen (secondary N) is 1. The maximum atomic E-state index is 13.8. The van der Waals surface area contributed by atoms with E-state index in [4.69, 9.17) is 4.52 Å². The van der Waals surface area contributed by atoms with Crippen molar-refractivity contribution >= 4 is 27.4 Å². The first-order chi connectivity index (χ1) is 19.8. The average molecular weight is 596 g/mol. The molecule has 0 bridgehead atoms. The lowest BCUT2D eigenvalue weighted by Gasteiger charge is -2.30. The van der Waals surface area contributed by atoms with Crippen molar-refractivity contribution < 1.29 is 27.3 Å². The van der Waals surface area contributed by atoms with Crippen LogP contribution in [0.15, 0.2) is 59.3 Å². The molecule has 42 heavy (non-hydrogen) atoms. The molecule has 9 nitrogen and oxygen atoms in total. The fourth-order valence-electron chi connectivity index (χ4n) is 4.85. The van der Waals surface area contributed by atoms with Crippen molar-refractivity contribution in [2.45, 2.75) is 66.0 Å². The summed E-state index contributed by atoms with van der Waals surface area (Å²) in [6.45, 7) is 9.19. The van der Waals surface area contributed by atoms with E-state index in [-0.39, 0.29) is 24.0 Å². The number of unbranched alkanes of at least 4 members (excludes halogenated alkanes) is 1. The molecule has 226 valence electrons. The van der Waals surface area contributed by atoms with Crippen LogP contribution in [-0.2, 0) is 25.8 Å². The molecule has 0 saturated heterocycles. The molecule has 2 amide bonds. The van der Waals surface area contributed by atoms with Gasteiger partial charge in [-0.05, 0) is 43.9 Å². The van der Waals surface area contributed by atoms with Crippen LogP contribution in [0.3, 0.4) is 0 Å². The highest BCUT2D eigenvalue weighted by Gasteiger charge is 2.33. The lowest BCUT2D eigenvalue weighted by molar-refractivity contribution is -0.130. The van der Waals surface area contributed by atoms with E-state index in [0.29, 0.717) is 24.2 Å². The van der Waals surface area contributed by atoms with Gasteiger partial charge in [-0.25, -0.2) is 8.42 Å². The molecule has 1 aromatic heterocycles. The highest BCUT2D eigenvalue weighted by Crippen LogP contribution is 2.21. The average Bonchev–Trinajstić information content (AvgIpc) is 3.47. The van der Waals surface area contributed by atoms with E-state index < -0.39 is 39.4 Å². The Morgan fingerprint density at radius 3 is 2.19 bits per heavy atom. The standard InChI is InChI=1S/C32H41N3O6S/c1-7-8-15-42(39,40)20-28(36)30(21(2)3)34-31(37)27(35(6)32(38)26-17-22(4)16-23(5)18-26)19-24-9-11-25(12-10-24)29-13-14-33-41-29/h9-14,16-18,21,27,30H,7-8,15,19-20H2,1-6H3,(H,34,37)/t27-,30+/m1/s1. The third-order valence-electron chi connectivity index (χ3n) is 7.15. The van der Waals surface area contributed by atoms with Crippen LogP contribution in [0.2, 0.25) is 0 Å². The Kier molecular flexibility index (Phi) is 11.2. The van der Waals surface area contributed by atoms with Gasteiger partial charge in [0.15, 0.2) is 21.4 Å². The molecule has 0 radical (unpaired) electrons. The molecular formula is C32H41N3O6S. The summed E-state index contributed by atoms with van der Waals surface area (Å²) in [5.41, 5.74) is 3.89. The van der Waals surface area contributed by atoms with Gasteiger partial charge in [0.2, 0.25) is 5.91 Å². The van der Waals surface area contributed by atoms with Crippen LogP contribution in [-0.4, -0.2) is 66.7 Å². The number of benzene rings is 2. The number of aromatic nitrogens is 1. The Morgan fingerprint density at radius 1 is 1.00 bits per heavy atom. The number of ketones is 1. The minimum absolute atomic E-state index is 0.0756. The zero-order valence-electron chi connectivity index (χ0n) is 25.2. The Bertz CT molecular complexity index is 1460. The SMILES string of the molecule is CCCCS(=O)(=O)CC(=O)[C@@H](NC(=O)[C@@H](Cc1ccc(-c2ccno2)cc1)N(C)C(=O)c1cc(C)cc(C)c1)C(C)C. The number of hydrogen-bond acceptors (Lipinski definition) is 7. The van der Waals surface area contributed by atoms with Gasteiger partial charge in [-0.1, -0.05) is 73.8 Å². The summed E-state index contributed by atoms with van der Waals surface area (Å²) in [4.78, 5) is 42.0. The summed E-state index contributed by atoms with van der Waals surface area (Å²) in [7, 11) is -2.04. The van der Waals surface area contributed by atoms with Crippen LogP contribution in [0.1, 0.15) is 60.7 Å². The molecule has 0 aliphatic heterocycles. The predicted molar refractivity (Wildman–Crippen MR) is 163 cm³/mol. The van der Waals surface area contributed by atoms with E-state index in [1.165, 1.54) is 4.90 Å². The van der Waals surface area contributed by atoms with Crippen LogP contribution >= 0.6 is 0 Å². The molecule has 0 aliphatic carbocycles. The zero-order valence-corrected chi connectivity index (χ0v) is 26.0. The van der Waals surface area contributed by atoms with E-state index >= 15 is 0 Å². The Morgan fingerprint density at radius 2 is 1.64 bits per heavy atom. The normalized spacial score (nSPS) is 13.0. The number of aryl methyl sites for hydroxylation is 2. The summed E-state index contributed by atoms with van der Waals surface area (Å²) >= 11 is 0. The first-order valence-electron chi connectivity index (χ1n) is 14.2. The molecular weight excluding hydrogens is 554 g/mol. The number of sulfone groups is 1. The van der Waals surface area contributed by atoms with Crippen molar-refractivity contribution in [3.63, 3.8) is 0 Å². The number of rotatable bonds is 14. The Hall–Kier alpha value is -3.79. The Balaban J connectivity index is 1.90. The maximum Gasteiger partial charge on any atom is 0.254 e. The second-order valence-corrected chi connectivity index (χ2v) is 13.4. The summed E-state index contributed by atoms with van der Waals surface area (Å²) < 4.78 is 30.2. The third-order valence-corrected chi connectivity index (χ3v) is 8.78. The van der Waals surface area contributed by atoms with Gasteiger partial charge in [-0.3, -0.25) is 14.4 Å². The fraction of sp³-hybridized carbons (Fsp3) is 0.438. The number of amides is 2. The van der Waals surface area contributed by atoms with Gasteiger partial charge in [-0.15, -0.1) is 0 Å². The van der Waals surface area contributed by atoms with Crippen molar-refractivity contribution in [1.29, 1.82) is 0 Å². The van der Waals surface area contributed by atoms with Crippen molar-refractivity contribution in [1.82, 2.24) is 15.4 Å². The highest BCUT2D eigenvalue weighted by molar-refractivity contribution is 7.92. The number of carbonyl (C=O) groups is 3. The van der Waals surface area contributed by atoms with Crippen molar-refractivity contribution in [3.8, 4) is 11.3 Å². The van der Waals surface area contributed by atoms with Crippen LogP contribution < -0.4 is 5.32 Å². The topological polar surface area (TPSA) is 127 Å². The predicted octanol–water partition coefficient (Wildman–Crippen LogP) is 4.57. The van der Waals surface area contributed by atoms with Gasteiger partial charge in [0.25, 0.3) is 5.91 Å². The summed E-state index contributed by atoms with van der Waals surface area (Å²) in [5.74, 6) is -1.90. The van der Waals surface area contributed by atoms with E-state index in [2.05, 4.69) is 10.5 Å². The summed E-state index contributed by atoms with van der Waals surface area (Å²) in [6.07, 6.45) is 2.89. The van der Waals surface area contributed by atoms with Crippen molar-refractivity contribution in [3.05, 3.63) is 77.0 Å². The largest absolute Gasteiger partial charge is 0.356 e. The number of likely N-dealkylation sites (N-methyl/N-ethyl adjacent to an activating group) is 1. The molecule has 0 unspecified atom stereocenters. The molecule has 3 rings (SSSR count). The van der Waals surface area contributed by atoms with E-state index in [9.17, 15) is 22.8 Å². The lowest BCUT2D eigenvalue weighted by atomic mass is 9.97. The van der Waals surface area contributed by atoms with E-state index in [0.717, 1.165) is 22.3 Å². The second-order valence-electron chi connectivity index (χ2n) is 11.2. The van der Waals surface area contributed by atoms with Crippen LogP contribution in [0.25, 0.3) is 11.3 Å². The van der Waals surface area contributed by atoms with Crippen LogP contribution in [0, 0.1) is 19.8 Å². The molecule has 2 atom stereocenters. The molecule has 0 aliphatic rings. The van der Waals surface area contributed by atoms with Gasteiger partial charge in [-0.2, -0.15) is 0 Å². The zero-order chi connectivity index (χ0) is 31.0. The Labute approximate surface area is 248 Å². The van der Waals surface area contributed by atoms with Crippen LogP contribution in [0.5, 0.6) is 0 Å². The molecule has 2 aromatic carbocycles. The molecule has 3 aromatic rings. The van der Waals surface area contributed by atoms with Gasteiger partial charge in [0.1, 0.15) is 11.8 Å². The first-order valence-corrected chi connectivity index (χ1v) is 16.0. The van der Waals surface area contributed by atoms with Gasteiger partial charge in [0.05, 0.1) is 18.0 Å². The molecule has 0 fully saturated rings. The van der Waals surface area contributed by atoms with Gasteiger partial charge >= 0.3 is 0 Å². The molecule has 0 saturated carbocycles. The molecule has 1 N–H and O–H groups in total. The van der Waals surface area contributed by atoms with Crippen LogP contribution in [0.4, 0.5) is 0 Å². The number of Topliss-reactive ketones (excluding diaryl/α,β-unsaturated/α-hetero) is 1. The maximum absolute atomic E-state index is 13.8. The fourth-order valence-corrected chi connectivity index (χ4v) is 6.34.